The van der Waals surface area contributed by atoms with Gasteiger partial charge in [0, 0.05) is 23.7 Å². The van der Waals surface area contributed by atoms with E-state index < -0.39 is 0 Å². The first-order valence-electron chi connectivity index (χ1n) is 8.77. The Morgan fingerprint density at radius 2 is 2.04 bits per heavy atom. The van der Waals surface area contributed by atoms with Gasteiger partial charge in [-0.1, -0.05) is 36.2 Å². The maximum atomic E-state index is 12.2. The molecule has 0 radical (unpaired) electrons. The predicted octanol–water partition coefficient (Wildman–Crippen LogP) is 3.40. The van der Waals surface area contributed by atoms with E-state index in [4.69, 9.17) is 16.3 Å². The number of amides is 1. The molecule has 1 aromatic carbocycles. The fourth-order valence-corrected chi connectivity index (χ4v) is 3.96. The number of methoxy groups -OCH3 is 1. The summed E-state index contributed by atoms with van der Waals surface area (Å²) in [6.07, 6.45) is 4.57. The molecule has 0 unspecified atom stereocenters. The van der Waals surface area contributed by atoms with Crippen LogP contribution in [0, 0.1) is 0 Å². The van der Waals surface area contributed by atoms with Gasteiger partial charge in [-0.3, -0.25) is 9.36 Å². The number of halogens is 1. The molecule has 0 aliphatic heterocycles. The van der Waals surface area contributed by atoms with Crippen LogP contribution < -0.4 is 5.32 Å². The average molecular weight is 395 g/mol. The molecule has 0 spiro atoms. The summed E-state index contributed by atoms with van der Waals surface area (Å²) >= 11 is 7.37. The Hall–Kier alpha value is -1.57. The van der Waals surface area contributed by atoms with Crippen LogP contribution in [0.25, 0.3) is 11.4 Å². The van der Waals surface area contributed by atoms with E-state index in [0.29, 0.717) is 35.1 Å². The molecule has 1 heterocycles. The van der Waals surface area contributed by atoms with Crippen LogP contribution in [0.3, 0.4) is 0 Å². The lowest BCUT2D eigenvalue weighted by molar-refractivity contribution is -0.119. The molecule has 1 aromatic heterocycles. The van der Waals surface area contributed by atoms with Gasteiger partial charge in [0.25, 0.3) is 0 Å². The van der Waals surface area contributed by atoms with Gasteiger partial charge < -0.3 is 10.1 Å². The second-order valence-corrected chi connectivity index (χ2v) is 7.67. The van der Waals surface area contributed by atoms with E-state index in [1.165, 1.54) is 24.6 Å². The number of hydrogen-bond donors (Lipinski definition) is 1. The zero-order chi connectivity index (χ0) is 18.4. The molecule has 1 N–H and O–H groups in total. The Kier molecular flexibility index (Phi) is 6.93. The normalized spacial score (nSPS) is 14.7. The number of carbonyl (C=O) groups is 1. The number of carbonyl (C=O) groups excluding carboxylic acids is 1. The van der Waals surface area contributed by atoms with Crippen molar-refractivity contribution < 1.29 is 9.53 Å². The summed E-state index contributed by atoms with van der Waals surface area (Å²) in [6, 6.07) is 7.81. The molecule has 6 nitrogen and oxygen atoms in total. The molecule has 1 aliphatic rings. The van der Waals surface area contributed by atoms with Crippen molar-refractivity contribution in [3.63, 3.8) is 0 Å². The third-order valence-corrected chi connectivity index (χ3v) is 5.61. The number of nitrogens with one attached hydrogen (secondary N) is 1. The topological polar surface area (TPSA) is 69.0 Å². The van der Waals surface area contributed by atoms with Gasteiger partial charge in [0.2, 0.25) is 5.91 Å². The van der Waals surface area contributed by atoms with Crippen molar-refractivity contribution in [3.8, 4) is 11.4 Å². The molecule has 1 fully saturated rings. The molecule has 140 valence electrons. The van der Waals surface area contributed by atoms with Crippen molar-refractivity contribution in [2.75, 3.05) is 19.5 Å². The van der Waals surface area contributed by atoms with Crippen molar-refractivity contribution in [1.82, 2.24) is 20.1 Å². The van der Waals surface area contributed by atoms with Crippen molar-refractivity contribution in [1.29, 1.82) is 0 Å². The molecule has 1 amide bonds. The molecule has 1 saturated carbocycles. The molecule has 0 bridgehead atoms. The van der Waals surface area contributed by atoms with Crippen LogP contribution in [0.4, 0.5) is 0 Å². The second-order valence-electron chi connectivity index (χ2n) is 6.30. The van der Waals surface area contributed by atoms with Gasteiger partial charge >= 0.3 is 0 Å². The molecule has 0 saturated heterocycles. The minimum Gasteiger partial charge on any atom is -0.383 e. The lowest BCUT2D eigenvalue weighted by Gasteiger charge is -2.12. The Balaban J connectivity index is 1.69. The molecular formula is C18H23ClN4O2S. The fourth-order valence-electron chi connectivity index (χ4n) is 3.06. The summed E-state index contributed by atoms with van der Waals surface area (Å²) in [6.45, 7) is 1.16. The van der Waals surface area contributed by atoms with Crippen LogP contribution in [0.2, 0.25) is 5.02 Å². The second kappa shape index (κ2) is 9.39. The summed E-state index contributed by atoms with van der Waals surface area (Å²) in [4.78, 5) is 12.2. The lowest BCUT2D eigenvalue weighted by atomic mass is 10.2. The van der Waals surface area contributed by atoms with E-state index >= 15 is 0 Å². The third-order valence-electron chi connectivity index (χ3n) is 4.39. The summed E-state index contributed by atoms with van der Waals surface area (Å²) < 4.78 is 7.19. The highest BCUT2D eigenvalue weighted by Crippen LogP contribution is 2.25. The molecule has 2 aromatic rings. The van der Waals surface area contributed by atoms with Gasteiger partial charge in [0.1, 0.15) is 0 Å². The van der Waals surface area contributed by atoms with Crippen molar-refractivity contribution in [2.24, 2.45) is 0 Å². The first-order valence-corrected chi connectivity index (χ1v) is 10.1. The molecule has 3 rings (SSSR count). The standard InChI is InChI=1S/C18H23ClN4O2S/c1-25-11-10-23-17(13-6-8-14(19)9-7-13)21-22-18(23)26-12-16(24)20-15-4-2-3-5-15/h6-9,15H,2-5,10-12H2,1H3,(H,20,24). The summed E-state index contributed by atoms with van der Waals surface area (Å²) in [5.74, 6) is 1.14. The summed E-state index contributed by atoms with van der Waals surface area (Å²) in [5.41, 5.74) is 0.931. The van der Waals surface area contributed by atoms with E-state index in [2.05, 4.69) is 15.5 Å². The molecule has 8 heteroatoms. The van der Waals surface area contributed by atoms with E-state index in [1.54, 1.807) is 7.11 Å². The zero-order valence-corrected chi connectivity index (χ0v) is 16.4. The lowest BCUT2D eigenvalue weighted by Crippen LogP contribution is -2.33. The highest BCUT2D eigenvalue weighted by atomic mass is 35.5. The first-order chi connectivity index (χ1) is 12.7. The van der Waals surface area contributed by atoms with Gasteiger partial charge in [-0.05, 0) is 37.1 Å². The number of rotatable bonds is 8. The largest absolute Gasteiger partial charge is 0.383 e. The minimum absolute atomic E-state index is 0.0521. The van der Waals surface area contributed by atoms with Crippen LogP contribution in [0.15, 0.2) is 29.4 Å². The van der Waals surface area contributed by atoms with Gasteiger partial charge in [0.05, 0.1) is 18.9 Å². The maximum Gasteiger partial charge on any atom is 0.230 e. The number of ether oxygens (including phenoxy) is 1. The van der Waals surface area contributed by atoms with Crippen LogP contribution in [0.1, 0.15) is 25.7 Å². The quantitative estimate of drug-likeness (QED) is 0.695. The fraction of sp³-hybridized carbons (Fsp3) is 0.500. The van der Waals surface area contributed by atoms with Crippen LogP contribution in [0.5, 0.6) is 0 Å². The Morgan fingerprint density at radius 3 is 2.73 bits per heavy atom. The van der Waals surface area contributed by atoms with Crippen molar-refractivity contribution >= 4 is 29.3 Å². The average Bonchev–Trinajstić information content (AvgIpc) is 3.28. The van der Waals surface area contributed by atoms with E-state index in [9.17, 15) is 4.79 Å². The van der Waals surface area contributed by atoms with Gasteiger partial charge in [-0.25, -0.2) is 0 Å². The van der Waals surface area contributed by atoms with E-state index in [-0.39, 0.29) is 5.91 Å². The smallest absolute Gasteiger partial charge is 0.230 e. The number of benzene rings is 1. The van der Waals surface area contributed by atoms with Crippen LogP contribution >= 0.6 is 23.4 Å². The SMILES string of the molecule is COCCn1c(SCC(=O)NC2CCCC2)nnc1-c1ccc(Cl)cc1. The van der Waals surface area contributed by atoms with Gasteiger partial charge in [-0.2, -0.15) is 0 Å². The molecule has 1 aliphatic carbocycles. The highest BCUT2D eigenvalue weighted by Gasteiger charge is 2.19. The van der Waals surface area contributed by atoms with E-state index in [0.717, 1.165) is 24.2 Å². The maximum absolute atomic E-state index is 12.2. The van der Waals surface area contributed by atoms with Gasteiger partial charge in [0.15, 0.2) is 11.0 Å². The van der Waals surface area contributed by atoms with E-state index in [1.807, 2.05) is 28.8 Å². The summed E-state index contributed by atoms with van der Waals surface area (Å²) in [5, 5.41) is 13.1. The van der Waals surface area contributed by atoms with Crippen LogP contribution in [-0.2, 0) is 16.1 Å². The van der Waals surface area contributed by atoms with Crippen LogP contribution in [-0.4, -0.2) is 46.2 Å². The predicted molar refractivity (Wildman–Crippen MR) is 103 cm³/mol. The van der Waals surface area contributed by atoms with Crippen molar-refractivity contribution in [2.45, 2.75) is 43.4 Å². The highest BCUT2D eigenvalue weighted by molar-refractivity contribution is 7.99. The minimum atomic E-state index is 0.0521. The third kappa shape index (κ3) is 4.99. The zero-order valence-electron chi connectivity index (χ0n) is 14.8. The first kappa shape index (κ1) is 19.2. The summed E-state index contributed by atoms with van der Waals surface area (Å²) in [7, 11) is 1.66. The Bertz CT molecular complexity index is 729. The molecule has 26 heavy (non-hydrogen) atoms. The van der Waals surface area contributed by atoms with Crippen molar-refractivity contribution in [3.05, 3.63) is 29.3 Å². The number of nitrogens with zero attached hydrogens (tertiary/aromatic N) is 3. The number of aromatic nitrogens is 3. The molecular weight excluding hydrogens is 372 g/mol. The molecule has 0 atom stereocenters. The van der Waals surface area contributed by atoms with Gasteiger partial charge in [-0.15, -0.1) is 10.2 Å². The Morgan fingerprint density at radius 1 is 1.31 bits per heavy atom. The Labute approximate surface area is 162 Å². The number of hydrogen-bond acceptors (Lipinski definition) is 5. The monoisotopic (exact) mass is 394 g/mol. The number of thioether (sulfide) groups is 1.